The molecular formula is C26H28N2O. The Kier molecular flexibility index (Phi) is 7.16. The van der Waals surface area contributed by atoms with Crippen molar-refractivity contribution >= 4 is 17.1 Å². The van der Waals surface area contributed by atoms with Crippen LogP contribution in [0, 0.1) is 12.3 Å². The molecule has 1 atom stereocenters. The van der Waals surface area contributed by atoms with Crippen LogP contribution in [0.3, 0.4) is 0 Å². The van der Waals surface area contributed by atoms with E-state index in [1.807, 2.05) is 30.6 Å². The number of rotatable bonds is 9. The van der Waals surface area contributed by atoms with Gasteiger partial charge in [0.25, 0.3) is 0 Å². The maximum absolute atomic E-state index is 11.5. The molecule has 2 aromatic carbocycles. The third-order valence-corrected chi connectivity index (χ3v) is 5.59. The first-order valence-electron chi connectivity index (χ1n) is 10.2. The second-order valence-corrected chi connectivity index (χ2v) is 7.60. The predicted molar refractivity (Wildman–Crippen MR) is 120 cm³/mol. The first-order valence-corrected chi connectivity index (χ1v) is 10.2. The van der Waals surface area contributed by atoms with Gasteiger partial charge < -0.3 is 0 Å². The van der Waals surface area contributed by atoms with Crippen molar-refractivity contribution in [2.45, 2.75) is 45.2 Å². The summed E-state index contributed by atoms with van der Waals surface area (Å²) < 4.78 is 0. The molecule has 3 aromatic rings. The van der Waals surface area contributed by atoms with Crippen molar-refractivity contribution in [3.05, 3.63) is 77.1 Å². The van der Waals surface area contributed by atoms with Gasteiger partial charge in [0.05, 0.1) is 0 Å². The summed E-state index contributed by atoms with van der Waals surface area (Å²) >= 11 is 0. The van der Waals surface area contributed by atoms with E-state index < -0.39 is 0 Å². The maximum atomic E-state index is 11.5. The Morgan fingerprint density at radius 1 is 1.10 bits per heavy atom. The molecule has 3 nitrogen and oxygen atoms in total. The molecule has 1 unspecified atom stereocenters. The number of hydrogen-bond donors (Lipinski definition) is 0. The molecule has 0 amide bonds. The van der Waals surface area contributed by atoms with E-state index in [1.165, 1.54) is 24.0 Å². The molecule has 0 N–H and O–H groups in total. The minimum Gasteiger partial charge on any atom is -0.299 e. The van der Waals surface area contributed by atoms with Crippen LogP contribution in [0.1, 0.15) is 53.2 Å². The van der Waals surface area contributed by atoms with Crippen LogP contribution >= 0.6 is 0 Å². The minimum atomic E-state index is 0.526. The van der Waals surface area contributed by atoms with Crippen LogP contribution in [-0.4, -0.2) is 29.3 Å². The van der Waals surface area contributed by atoms with Crippen LogP contribution in [0.5, 0.6) is 0 Å². The van der Waals surface area contributed by atoms with Crippen LogP contribution in [0.4, 0.5) is 0 Å². The molecule has 0 aliphatic carbocycles. The van der Waals surface area contributed by atoms with E-state index >= 15 is 0 Å². The molecule has 0 aliphatic heterocycles. The number of nitrogens with zero attached hydrogens (tertiary/aromatic N) is 2. The van der Waals surface area contributed by atoms with Gasteiger partial charge in [-0.3, -0.25) is 14.7 Å². The summed E-state index contributed by atoms with van der Waals surface area (Å²) in [5.41, 5.74) is 3.85. The van der Waals surface area contributed by atoms with Crippen molar-refractivity contribution in [3.63, 3.8) is 0 Å². The van der Waals surface area contributed by atoms with E-state index in [4.69, 9.17) is 6.42 Å². The number of aldehydes is 1. The number of benzene rings is 2. The minimum absolute atomic E-state index is 0.526. The fourth-order valence-corrected chi connectivity index (χ4v) is 3.97. The molecule has 0 spiro atoms. The maximum Gasteiger partial charge on any atom is 0.151 e. The highest BCUT2D eigenvalue weighted by atomic mass is 16.1. The number of fused-ring (bicyclic) bond motifs is 1. The van der Waals surface area contributed by atoms with Crippen molar-refractivity contribution in [3.8, 4) is 12.3 Å². The van der Waals surface area contributed by atoms with Gasteiger partial charge in [-0.05, 0) is 66.4 Å². The molecule has 1 aromatic heterocycles. The molecule has 148 valence electrons. The average molecular weight is 385 g/mol. The summed E-state index contributed by atoms with van der Waals surface area (Å²) in [6, 6.07) is 14.9. The molecule has 3 heteroatoms. The average Bonchev–Trinajstić information content (AvgIpc) is 2.76. The lowest BCUT2D eigenvalue weighted by Gasteiger charge is -2.28. The lowest BCUT2D eigenvalue weighted by Crippen LogP contribution is -2.31. The second kappa shape index (κ2) is 10.0. The highest BCUT2D eigenvalue weighted by molar-refractivity contribution is 6.00. The zero-order valence-electron chi connectivity index (χ0n) is 17.3. The third kappa shape index (κ3) is 5.10. The predicted octanol–water partition coefficient (Wildman–Crippen LogP) is 5.26. The van der Waals surface area contributed by atoms with E-state index in [0.29, 0.717) is 17.2 Å². The van der Waals surface area contributed by atoms with Gasteiger partial charge in [-0.2, -0.15) is 0 Å². The van der Waals surface area contributed by atoms with Crippen molar-refractivity contribution in [2.24, 2.45) is 0 Å². The fourth-order valence-electron chi connectivity index (χ4n) is 3.97. The molecule has 29 heavy (non-hydrogen) atoms. The summed E-state index contributed by atoms with van der Waals surface area (Å²) in [5, 5.41) is 2.00. The van der Waals surface area contributed by atoms with E-state index in [2.05, 4.69) is 54.0 Å². The summed E-state index contributed by atoms with van der Waals surface area (Å²) in [7, 11) is 2.21. The second-order valence-electron chi connectivity index (χ2n) is 7.60. The third-order valence-electron chi connectivity index (χ3n) is 5.59. The molecule has 0 saturated heterocycles. The van der Waals surface area contributed by atoms with Crippen molar-refractivity contribution in [1.82, 2.24) is 9.88 Å². The van der Waals surface area contributed by atoms with Gasteiger partial charge in [-0.25, -0.2) is 0 Å². The van der Waals surface area contributed by atoms with Crippen LogP contribution in [0.15, 0.2) is 54.9 Å². The van der Waals surface area contributed by atoms with E-state index in [1.54, 1.807) is 0 Å². The summed E-state index contributed by atoms with van der Waals surface area (Å²) in [6.45, 7) is 3.18. The zero-order chi connectivity index (χ0) is 20.6. The smallest absolute Gasteiger partial charge is 0.151 e. The Labute approximate surface area is 173 Å². The van der Waals surface area contributed by atoms with Crippen LogP contribution < -0.4 is 0 Å². The van der Waals surface area contributed by atoms with Crippen molar-refractivity contribution in [1.29, 1.82) is 0 Å². The molecule has 0 radical (unpaired) electrons. The molecule has 0 saturated carbocycles. The first-order chi connectivity index (χ1) is 14.2. The van der Waals surface area contributed by atoms with Crippen molar-refractivity contribution in [2.75, 3.05) is 7.05 Å². The van der Waals surface area contributed by atoms with E-state index in [-0.39, 0.29) is 0 Å². The van der Waals surface area contributed by atoms with Gasteiger partial charge in [0, 0.05) is 36.1 Å². The number of aromatic nitrogens is 1. The van der Waals surface area contributed by atoms with E-state index in [0.717, 1.165) is 36.4 Å². The van der Waals surface area contributed by atoms with Gasteiger partial charge >= 0.3 is 0 Å². The molecule has 0 fully saturated rings. The number of aryl methyl sites for hydroxylation is 1. The molecular weight excluding hydrogens is 356 g/mol. The first kappa shape index (κ1) is 20.8. The highest BCUT2D eigenvalue weighted by Gasteiger charge is 2.15. The summed E-state index contributed by atoms with van der Waals surface area (Å²) in [5.74, 6) is 2.60. The van der Waals surface area contributed by atoms with Crippen molar-refractivity contribution < 1.29 is 4.79 Å². The van der Waals surface area contributed by atoms with Gasteiger partial charge in [0.1, 0.15) is 0 Å². The highest BCUT2D eigenvalue weighted by Crippen LogP contribution is 2.24. The molecule has 0 bridgehead atoms. The quantitative estimate of drug-likeness (QED) is 0.373. The lowest BCUT2D eigenvalue weighted by atomic mass is 9.95. The van der Waals surface area contributed by atoms with Gasteiger partial charge in [-0.1, -0.05) is 43.5 Å². The van der Waals surface area contributed by atoms with E-state index in [9.17, 15) is 4.79 Å². The number of terminal acetylenes is 1. The Morgan fingerprint density at radius 3 is 2.59 bits per heavy atom. The molecule has 1 heterocycles. The Balaban J connectivity index is 1.73. The fraction of sp³-hybridized carbons (Fsp3) is 0.308. The Bertz CT molecular complexity index is 1000. The molecule has 0 aliphatic rings. The lowest BCUT2D eigenvalue weighted by molar-refractivity contribution is 0.112. The van der Waals surface area contributed by atoms with Gasteiger partial charge in [-0.15, -0.1) is 6.42 Å². The largest absolute Gasteiger partial charge is 0.299 e. The normalized spacial score (nSPS) is 12.1. The zero-order valence-corrected chi connectivity index (χ0v) is 17.3. The van der Waals surface area contributed by atoms with Gasteiger partial charge in [0.2, 0.25) is 0 Å². The molecule has 3 rings (SSSR count). The van der Waals surface area contributed by atoms with Crippen LogP contribution in [-0.2, 0) is 13.0 Å². The Hall–Kier alpha value is -2.96. The van der Waals surface area contributed by atoms with Gasteiger partial charge in [0.15, 0.2) is 6.29 Å². The SMILES string of the molecule is C#Cc1ccc2cc(CCC(CCC)N(C)Cc3ccncc3)ccc2c1C=O. The Morgan fingerprint density at radius 2 is 1.90 bits per heavy atom. The number of pyridine rings is 1. The summed E-state index contributed by atoms with van der Waals surface area (Å²) in [6.07, 6.45) is 14.5. The van der Waals surface area contributed by atoms with Crippen LogP contribution in [0.25, 0.3) is 10.8 Å². The number of carbonyl (C=O) groups is 1. The number of carbonyl (C=O) groups excluding carboxylic acids is 1. The number of hydrogen-bond acceptors (Lipinski definition) is 3. The van der Waals surface area contributed by atoms with Crippen LogP contribution in [0.2, 0.25) is 0 Å². The summed E-state index contributed by atoms with van der Waals surface area (Å²) in [4.78, 5) is 18.0. The topological polar surface area (TPSA) is 33.2 Å². The standard InChI is InChI=1S/C26H28N2O/c1-4-6-24(28(3)18-21-13-15-27-16-14-21)11-7-20-8-12-25-23(17-20)10-9-22(5-2)26(25)19-29/h2,8-10,12-17,19,24H,4,6-7,11,18H2,1,3H3. The monoisotopic (exact) mass is 384 g/mol.